The van der Waals surface area contributed by atoms with Crippen LogP contribution in [0.5, 0.6) is 5.75 Å². The highest BCUT2D eigenvalue weighted by Crippen LogP contribution is 2.30. The molecule has 3 rings (SSSR count). The van der Waals surface area contributed by atoms with E-state index in [2.05, 4.69) is 23.1 Å². The zero-order chi connectivity index (χ0) is 12.4. The maximum absolute atomic E-state index is 6.01. The first kappa shape index (κ1) is 12.0. The Morgan fingerprint density at radius 2 is 2.06 bits per heavy atom. The zero-order valence-corrected chi connectivity index (χ0v) is 10.9. The summed E-state index contributed by atoms with van der Waals surface area (Å²) >= 11 is 0. The third-order valence-corrected chi connectivity index (χ3v) is 4.15. The van der Waals surface area contributed by atoms with Crippen LogP contribution in [0.1, 0.15) is 36.4 Å². The van der Waals surface area contributed by atoms with E-state index in [0.29, 0.717) is 12.6 Å². The molecule has 1 saturated heterocycles. The Kier molecular flexibility index (Phi) is 3.52. The predicted octanol–water partition coefficient (Wildman–Crippen LogP) is 2.11. The molecule has 18 heavy (non-hydrogen) atoms. The molecule has 0 saturated carbocycles. The monoisotopic (exact) mass is 246 g/mol. The van der Waals surface area contributed by atoms with Gasteiger partial charge in [0.1, 0.15) is 5.75 Å². The van der Waals surface area contributed by atoms with E-state index in [9.17, 15) is 0 Å². The second kappa shape index (κ2) is 5.29. The van der Waals surface area contributed by atoms with Gasteiger partial charge < -0.3 is 10.5 Å². The highest BCUT2D eigenvalue weighted by atomic mass is 16.5. The molecule has 2 aliphatic rings. The minimum Gasteiger partial charge on any atom is -0.493 e. The lowest BCUT2D eigenvalue weighted by Gasteiger charge is -2.34. The first-order valence-corrected chi connectivity index (χ1v) is 7.08. The number of nitrogens with zero attached hydrogens (tertiary/aromatic N) is 1. The largest absolute Gasteiger partial charge is 0.493 e. The summed E-state index contributed by atoms with van der Waals surface area (Å²) < 4.78 is 5.57. The predicted molar refractivity (Wildman–Crippen MR) is 72.9 cm³/mol. The van der Waals surface area contributed by atoms with Crippen LogP contribution in [-0.2, 0) is 6.42 Å². The molecule has 0 unspecified atom stereocenters. The summed E-state index contributed by atoms with van der Waals surface area (Å²) in [5.74, 6) is 1.06. The van der Waals surface area contributed by atoms with E-state index in [4.69, 9.17) is 10.5 Å². The van der Waals surface area contributed by atoms with Crippen LogP contribution in [-0.4, -0.2) is 31.1 Å². The molecular formula is C15H22N2O. The Hall–Kier alpha value is -1.06. The molecule has 3 nitrogen and oxygen atoms in total. The SMILES string of the molecule is NC[C@@H](c1ccc2c(c1)CCO2)N1CCCCC1. The lowest BCUT2D eigenvalue weighted by Crippen LogP contribution is -2.37. The molecule has 0 aromatic heterocycles. The summed E-state index contributed by atoms with van der Waals surface area (Å²) in [6.07, 6.45) is 5.03. The van der Waals surface area contributed by atoms with E-state index in [1.165, 1.54) is 43.5 Å². The fourth-order valence-electron chi connectivity index (χ4n) is 3.14. The van der Waals surface area contributed by atoms with Gasteiger partial charge in [0, 0.05) is 19.0 Å². The molecule has 0 aliphatic carbocycles. The summed E-state index contributed by atoms with van der Waals surface area (Å²) in [6, 6.07) is 6.99. The standard InChI is InChI=1S/C15H22N2O/c16-11-14(17-7-2-1-3-8-17)12-4-5-15-13(10-12)6-9-18-15/h4-5,10,14H,1-3,6-9,11,16H2/t14-/m0/s1. The van der Waals surface area contributed by atoms with Crippen molar-refractivity contribution in [3.8, 4) is 5.75 Å². The molecule has 0 bridgehead atoms. The van der Waals surface area contributed by atoms with Crippen LogP contribution in [0.15, 0.2) is 18.2 Å². The van der Waals surface area contributed by atoms with Gasteiger partial charge in [-0.05, 0) is 43.1 Å². The highest BCUT2D eigenvalue weighted by Gasteiger charge is 2.22. The van der Waals surface area contributed by atoms with Crippen molar-refractivity contribution in [2.24, 2.45) is 5.73 Å². The average molecular weight is 246 g/mol. The van der Waals surface area contributed by atoms with Gasteiger partial charge in [-0.25, -0.2) is 0 Å². The lowest BCUT2D eigenvalue weighted by atomic mass is 9.99. The van der Waals surface area contributed by atoms with E-state index in [0.717, 1.165) is 18.8 Å². The summed E-state index contributed by atoms with van der Waals surface area (Å²) in [5, 5.41) is 0. The number of likely N-dealkylation sites (tertiary alicyclic amines) is 1. The fourth-order valence-corrected chi connectivity index (χ4v) is 3.14. The normalized spacial score (nSPS) is 21.4. The topological polar surface area (TPSA) is 38.5 Å². The zero-order valence-electron chi connectivity index (χ0n) is 10.9. The highest BCUT2D eigenvalue weighted by molar-refractivity contribution is 5.40. The Morgan fingerprint density at radius 1 is 1.22 bits per heavy atom. The molecule has 1 aromatic rings. The Balaban J connectivity index is 1.82. The van der Waals surface area contributed by atoms with Crippen LogP contribution in [0.3, 0.4) is 0 Å². The molecule has 3 heteroatoms. The van der Waals surface area contributed by atoms with Gasteiger partial charge in [-0.1, -0.05) is 18.6 Å². The van der Waals surface area contributed by atoms with Crippen molar-refractivity contribution in [1.82, 2.24) is 4.90 Å². The quantitative estimate of drug-likeness (QED) is 0.887. The molecule has 98 valence electrons. The van der Waals surface area contributed by atoms with E-state index in [-0.39, 0.29) is 0 Å². The smallest absolute Gasteiger partial charge is 0.122 e. The van der Waals surface area contributed by atoms with E-state index in [1.807, 2.05) is 0 Å². The Labute approximate surface area is 109 Å². The van der Waals surface area contributed by atoms with Crippen LogP contribution >= 0.6 is 0 Å². The van der Waals surface area contributed by atoms with Crippen molar-refractivity contribution >= 4 is 0 Å². The minimum atomic E-state index is 0.385. The molecule has 0 amide bonds. The summed E-state index contributed by atoms with van der Waals surface area (Å²) in [5.41, 5.74) is 8.72. The van der Waals surface area contributed by atoms with Gasteiger partial charge >= 0.3 is 0 Å². The lowest BCUT2D eigenvalue weighted by molar-refractivity contribution is 0.167. The van der Waals surface area contributed by atoms with E-state index >= 15 is 0 Å². The molecular weight excluding hydrogens is 224 g/mol. The first-order valence-electron chi connectivity index (χ1n) is 7.08. The van der Waals surface area contributed by atoms with Crippen molar-refractivity contribution in [3.05, 3.63) is 29.3 Å². The van der Waals surface area contributed by atoms with Gasteiger partial charge in [0.15, 0.2) is 0 Å². The van der Waals surface area contributed by atoms with Crippen molar-refractivity contribution in [2.45, 2.75) is 31.7 Å². The molecule has 0 spiro atoms. The van der Waals surface area contributed by atoms with Crippen molar-refractivity contribution in [2.75, 3.05) is 26.2 Å². The number of piperidine rings is 1. The minimum absolute atomic E-state index is 0.385. The van der Waals surface area contributed by atoms with Crippen LogP contribution in [0, 0.1) is 0 Å². The molecule has 1 aromatic carbocycles. The van der Waals surface area contributed by atoms with Gasteiger partial charge in [0.2, 0.25) is 0 Å². The molecule has 1 fully saturated rings. The van der Waals surface area contributed by atoms with E-state index < -0.39 is 0 Å². The van der Waals surface area contributed by atoms with Crippen molar-refractivity contribution in [1.29, 1.82) is 0 Å². The first-order chi connectivity index (χ1) is 8.88. The van der Waals surface area contributed by atoms with Crippen LogP contribution in [0.25, 0.3) is 0 Å². The third kappa shape index (κ3) is 2.25. The number of benzene rings is 1. The van der Waals surface area contributed by atoms with Crippen molar-refractivity contribution in [3.63, 3.8) is 0 Å². The molecule has 2 heterocycles. The second-order valence-electron chi connectivity index (χ2n) is 5.31. The van der Waals surface area contributed by atoms with Gasteiger partial charge in [0.25, 0.3) is 0 Å². The average Bonchev–Trinajstić information content (AvgIpc) is 2.88. The second-order valence-corrected chi connectivity index (χ2v) is 5.31. The van der Waals surface area contributed by atoms with Gasteiger partial charge in [-0.15, -0.1) is 0 Å². The van der Waals surface area contributed by atoms with Crippen LogP contribution < -0.4 is 10.5 Å². The summed E-state index contributed by atoms with van der Waals surface area (Å²) in [4.78, 5) is 2.54. The fraction of sp³-hybridized carbons (Fsp3) is 0.600. The Morgan fingerprint density at radius 3 is 2.83 bits per heavy atom. The van der Waals surface area contributed by atoms with Crippen molar-refractivity contribution < 1.29 is 4.74 Å². The summed E-state index contributed by atoms with van der Waals surface area (Å²) in [7, 11) is 0. The number of hydrogen-bond donors (Lipinski definition) is 1. The number of hydrogen-bond acceptors (Lipinski definition) is 3. The molecule has 2 aliphatic heterocycles. The number of nitrogens with two attached hydrogens (primary N) is 1. The maximum atomic E-state index is 6.01. The number of rotatable bonds is 3. The maximum Gasteiger partial charge on any atom is 0.122 e. The Bertz CT molecular complexity index is 413. The molecule has 0 radical (unpaired) electrons. The van der Waals surface area contributed by atoms with Crippen LogP contribution in [0.4, 0.5) is 0 Å². The molecule has 1 atom stereocenters. The molecule has 2 N–H and O–H groups in total. The van der Waals surface area contributed by atoms with E-state index in [1.54, 1.807) is 0 Å². The summed E-state index contributed by atoms with van der Waals surface area (Å²) in [6.45, 7) is 3.92. The van der Waals surface area contributed by atoms with Crippen LogP contribution in [0.2, 0.25) is 0 Å². The number of ether oxygens (including phenoxy) is 1. The number of fused-ring (bicyclic) bond motifs is 1. The van der Waals surface area contributed by atoms with Gasteiger partial charge in [0.05, 0.1) is 6.61 Å². The van der Waals surface area contributed by atoms with Gasteiger partial charge in [-0.3, -0.25) is 4.90 Å². The third-order valence-electron chi connectivity index (χ3n) is 4.15. The van der Waals surface area contributed by atoms with Gasteiger partial charge in [-0.2, -0.15) is 0 Å².